The third kappa shape index (κ3) is 10.0. The molecule has 0 aliphatic rings. The van der Waals surface area contributed by atoms with Gasteiger partial charge in [0.25, 0.3) is 0 Å². The second-order valence-corrected chi connectivity index (χ2v) is 12.8. The van der Waals surface area contributed by atoms with Gasteiger partial charge in [0, 0.05) is 37.0 Å². The zero-order valence-electron chi connectivity index (χ0n) is 25.3. The molecule has 232 valence electrons. The maximum Gasteiger partial charge on any atom is 0.243 e. The van der Waals surface area contributed by atoms with Crippen LogP contribution < -0.4 is 14.4 Å². The number of rotatable bonds is 16. The van der Waals surface area contributed by atoms with Crippen molar-refractivity contribution < 1.29 is 22.7 Å². The fraction of sp³-hybridized carbons (Fsp3) is 0.394. The second-order valence-electron chi connectivity index (χ2n) is 10.5. The Labute approximate surface area is 261 Å². The van der Waals surface area contributed by atoms with E-state index in [0.717, 1.165) is 23.8 Å². The molecule has 0 spiro atoms. The van der Waals surface area contributed by atoms with Crippen LogP contribution in [0.1, 0.15) is 51.2 Å². The highest BCUT2D eigenvalue weighted by Crippen LogP contribution is 2.30. The van der Waals surface area contributed by atoms with Gasteiger partial charge in [0.1, 0.15) is 11.8 Å². The molecule has 8 nitrogen and oxygen atoms in total. The van der Waals surface area contributed by atoms with E-state index in [1.165, 1.54) is 4.31 Å². The number of carbonyl (C=O) groups excluding carboxylic acids is 2. The number of benzene rings is 3. The van der Waals surface area contributed by atoms with Crippen LogP contribution in [0.4, 0.5) is 5.69 Å². The van der Waals surface area contributed by atoms with Crippen molar-refractivity contribution >= 4 is 39.1 Å². The molecule has 0 aliphatic heterocycles. The molecule has 0 aromatic heterocycles. The molecule has 0 saturated heterocycles. The van der Waals surface area contributed by atoms with E-state index in [2.05, 4.69) is 5.32 Å². The molecule has 0 heterocycles. The van der Waals surface area contributed by atoms with Crippen molar-refractivity contribution in [1.82, 2.24) is 10.2 Å². The third-order valence-corrected chi connectivity index (χ3v) is 8.71. The number of nitrogens with zero attached hydrogens (tertiary/aromatic N) is 2. The van der Waals surface area contributed by atoms with E-state index in [1.807, 2.05) is 69.3 Å². The minimum absolute atomic E-state index is 0.0230. The Morgan fingerprint density at radius 2 is 1.60 bits per heavy atom. The summed E-state index contributed by atoms with van der Waals surface area (Å²) < 4.78 is 32.6. The lowest BCUT2D eigenvalue weighted by atomic mass is 10.0. The van der Waals surface area contributed by atoms with E-state index >= 15 is 0 Å². The highest BCUT2D eigenvalue weighted by molar-refractivity contribution is 7.92. The Morgan fingerprint density at radius 3 is 2.26 bits per heavy atom. The van der Waals surface area contributed by atoms with Crippen LogP contribution in [0.25, 0.3) is 0 Å². The molecule has 3 aromatic carbocycles. The van der Waals surface area contributed by atoms with Crippen LogP contribution in [0.2, 0.25) is 5.02 Å². The van der Waals surface area contributed by atoms with Crippen molar-refractivity contribution in [3.05, 3.63) is 95.0 Å². The standard InChI is InChI=1S/C33H42ClN3O5S/c1-5-25(3)35-33(39)30(23-26-15-8-7-9-16-26)36(24-27-17-10-11-18-28(27)34)32(38)21-14-22-37(43(4,40)41)29-19-12-13-20-31(29)42-6-2/h7-13,15-20,25,30H,5-6,14,21-24H2,1-4H3,(H,35,39)/t25-,30-/m0/s1. The van der Waals surface area contributed by atoms with Crippen molar-refractivity contribution in [2.75, 3.05) is 23.7 Å². The number of amides is 2. The summed E-state index contributed by atoms with van der Waals surface area (Å²) in [7, 11) is -3.67. The molecule has 2 amide bonds. The van der Waals surface area contributed by atoms with Crippen molar-refractivity contribution in [1.29, 1.82) is 0 Å². The van der Waals surface area contributed by atoms with Crippen LogP contribution in [0.5, 0.6) is 5.75 Å². The van der Waals surface area contributed by atoms with Crippen molar-refractivity contribution in [3.63, 3.8) is 0 Å². The number of carbonyl (C=O) groups is 2. The zero-order chi connectivity index (χ0) is 31.4. The summed E-state index contributed by atoms with van der Waals surface area (Å²) in [4.78, 5) is 29.3. The molecule has 0 aliphatic carbocycles. The first kappa shape index (κ1) is 33.9. The third-order valence-electron chi connectivity index (χ3n) is 7.16. The zero-order valence-corrected chi connectivity index (χ0v) is 26.9. The van der Waals surface area contributed by atoms with Gasteiger partial charge < -0.3 is 15.0 Å². The average molecular weight is 628 g/mol. The van der Waals surface area contributed by atoms with Gasteiger partial charge in [0.15, 0.2) is 0 Å². The van der Waals surface area contributed by atoms with Crippen molar-refractivity contribution in [2.45, 2.75) is 65.1 Å². The number of halogens is 1. The summed E-state index contributed by atoms with van der Waals surface area (Å²) in [5.41, 5.74) is 2.05. The summed E-state index contributed by atoms with van der Waals surface area (Å²) in [5, 5.41) is 3.55. The number of hydrogen-bond acceptors (Lipinski definition) is 5. The fourth-order valence-corrected chi connectivity index (χ4v) is 5.89. The highest BCUT2D eigenvalue weighted by Gasteiger charge is 2.31. The van der Waals surface area contributed by atoms with Gasteiger partial charge in [-0.3, -0.25) is 13.9 Å². The maximum absolute atomic E-state index is 14.0. The topological polar surface area (TPSA) is 96.0 Å². The van der Waals surface area contributed by atoms with Gasteiger partial charge in [0.2, 0.25) is 21.8 Å². The molecule has 2 atom stereocenters. The van der Waals surface area contributed by atoms with E-state index in [-0.39, 0.29) is 43.8 Å². The normalized spacial score (nSPS) is 12.7. The largest absolute Gasteiger partial charge is 0.492 e. The van der Waals surface area contributed by atoms with E-state index in [1.54, 1.807) is 35.2 Å². The summed E-state index contributed by atoms with van der Waals surface area (Å²) in [5.74, 6) is -0.0690. The summed E-state index contributed by atoms with van der Waals surface area (Å²) in [6, 6.07) is 22.9. The van der Waals surface area contributed by atoms with Gasteiger partial charge in [-0.05, 0) is 56.0 Å². The molecule has 3 aromatic rings. The predicted molar refractivity (Wildman–Crippen MR) is 173 cm³/mol. The lowest BCUT2D eigenvalue weighted by Crippen LogP contribution is -2.52. The molecule has 10 heteroatoms. The van der Waals surface area contributed by atoms with E-state index in [9.17, 15) is 18.0 Å². The lowest BCUT2D eigenvalue weighted by molar-refractivity contribution is -0.141. The Morgan fingerprint density at radius 1 is 0.953 bits per heavy atom. The number of ether oxygens (including phenoxy) is 1. The van der Waals surface area contributed by atoms with E-state index < -0.39 is 16.1 Å². The summed E-state index contributed by atoms with van der Waals surface area (Å²) in [6.07, 6.45) is 2.45. The van der Waals surface area contributed by atoms with Gasteiger partial charge in [-0.1, -0.05) is 79.2 Å². The maximum atomic E-state index is 14.0. The van der Waals surface area contributed by atoms with Crippen LogP contribution >= 0.6 is 11.6 Å². The molecule has 0 fully saturated rings. The van der Waals surface area contributed by atoms with Gasteiger partial charge >= 0.3 is 0 Å². The summed E-state index contributed by atoms with van der Waals surface area (Å²) >= 11 is 6.50. The first-order valence-corrected chi connectivity index (χ1v) is 16.8. The van der Waals surface area contributed by atoms with Crippen LogP contribution in [0, 0.1) is 0 Å². The first-order chi connectivity index (χ1) is 20.5. The Bertz CT molecular complexity index is 1450. The number of nitrogens with one attached hydrogen (secondary N) is 1. The van der Waals surface area contributed by atoms with Crippen LogP contribution in [-0.4, -0.2) is 56.6 Å². The Hall–Kier alpha value is -3.56. The minimum Gasteiger partial charge on any atom is -0.492 e. The molecule has 0 unspecified atom stereocenters. The van der Waals surface area contributed by atoms with Gasteiger partial charge in [0.05, 0.1) is 18.6 Å². The molecule has 0 saturated carbocycles. The molecule has 0 bridgehead atoms. The smallest absolute Gasteiger partial charge is 0.243 e. The van der Waals surface area contributed by atoms with Crippen molar-refractivity contribution in [2.24, 2.45) is 0 Å². The molecule has 0 radical (unpaired) electrons. The molecular weight excluding hydrogens is 586 g/mol. The number of hydrogen-bond donors (Lipinski definition) is 1. The number of sulfonamides is 1. The SMILES string of the molecule is CCOc1ccccc1N(CCCC(=O)N(Cc1ccccc1Cl)[C@@H](Cc1ccccc1)C(=O)N[C@@H](C)CC)S(C)(=O)=O. The first-order valence-electron chi connectivity index (χ1n) is 14.6. The monoisotopic (exact) mass is 627 g/mol. The second kappa shape index (κ2) is 16.3. The fourth-order valence-electron chi connectivity index (χ4n) is 4.73. The Kier molecular flexibility index (Phi) is 12.9. The van der Waals surface area contributed by atoms with Gasteiger partial charge in [-0.15, -0.1) is 0 Å². The van der Waals surface area contributed by atoms with Crippen molar-refractivity contribution in [3.8, 4) is 5.75 Å². The van der Waals surface area contributed by atoms with E-state index in [0.29, 0.717) is 29.5 Å². The number of para-hydroxylation sites is 2. The number of anilines is 1. The minimum atomic E-state index is -3.67. The lowest BCUT2D eigenvalue weighted by Gasteiger charge is -2.33. The molecular formula is C33H42ClN3O5S. The molecule has 3 rings (SSSR count). The molecule has 1 N–H and O–H groups in total. The van der Waals surface area contributed by atoms with Gasteiger partial charge in [-0.25, -0.2) is 8.42 Å². The van der Waals surface area contributed by atoms with Gasteiger partial charge in [-0.2, -0.15) is 0 Å². The van der Waals surface area contributed by atoms with Crippen LogP contribution in [0.15, 0.2) is 78.9 Å². The highest BCUT2D eigenvalue weighted by atomic mass is 35.5. The van der Waals surface area contributed by atoms with Crippen LogP contribution in [-0.2, 0) is 32.6 Å². The summed E-state index contributed by atoms with van der Waals surface area (Å²) in [6.45, 7) is 6.32. The molecule has 43 heavy (non-hydrogen) atoms. The Balaban J connectivity index is 1.91. The van der Waals surface area contributed by atoms with E-state index in [4.69, 9.17) is 16.3 Å². The average Bonchev–Trinajstić information content (AvgIpc) is 2.98. The quantitative estimate of drug-likeness (QED) is 0.215. The predicted octanol–water partition coefficient (Wildman–Crippen LogP) is 5.84. The van der Waals surface area contributed by atoms with Crippen LogP contribution in [0.3, 0.4) is 0 Å².